The fraction of sp³-hybridized carbons (Fsp3) is 0.333. The van der Waals surface area contributed by atoms with Crippen LogP contribution in [0.2, 0.25) is 0 Å². The highest BCUT2D eigenvalue weighted by molar-refractivity contribution is 6.01. The zero-order valence-corrected chi connectivity index (χ0v) is 16.0. The molecule has 1 aliphatic rings. The Morgan fingerprint density at radius 1 is 1.11 bits per heavy atom. The van der Waals surface area contributed by atoms with Crippen LogP contribution >= 0.6 is 0 Å². The standard InChI is InChI=1S/C21H24FN3O3/c1-14(16-3-5-17(22)6-4-16)23-21(27)19-8-7-18(24-15(2)26)13-20(19)25-9-11-28-12-10-25/h3-8,13-14H,9-12H2,1-2H3,(H,23,27)(H,24,26)/t14-/m0/s1. The summed E-state index contributed by atoms with van der Waals surface area (Å²) in [6.07, 6.45) is 0. The summed E-state index contributed by atoms with van der Waals surface area (Å²) in [5, 5.41) is 5.72. The Morgan fingerprint density at radius 3 is 2.43 bits per heavy atom. The highest BCUT2D eigenvalue weighted by Crippen LogP contribution is 2.27. The Hall–Kier alpha value is -2.93. The molecule has 1 fully saturated rings. The summed E-state index contributed by atoms with van der Waals surface area (Å²) in [7, 11) is 0. The van der Waals surface area contributed by atoms with Crippen LogP contribution < -0.4 is 15.5 Å². The molecule has 0 aliphatic carbocycles. The molecular weight excluding hydrogens is 361 g/mol. The van der Waals surface area contributed by atoms with Gasteiger partial charge < -0.3 is 20.3 Å². The Labute approximate surface area is 163 Å². The fourth-order valence-corrected chi connectivity index (χ4v) is 3.18. The lowest BCUT2D eigenvalue weighted by molar-refractivity contribution is -0.114. The van der Waals surface area contributed by atoms with Crippen LogP contribution in [0, 0.1) is 5.82 Å². The number of carbonyl (C=O) groups is 2. The first-order chi connectivity index (χ1) is 13.4. The number of morpholine rings is 1. The Kier molecular flexibility index (Phi) is 6.26. The lowest BCUT2D eigenvalue weighted by Gasteiger charge is -2.31. The maximum Gasteiger partial charge on any atom is 0.253 e. The second kappa shape index (κ2) is 8.84. The molecule has 7 heteroatoms. The summed E-state index contributed by atoms with van der Waals surface area (Å²) in [5.41, 5.74) is 2.72. The van der Waals surface area contributed by atoms with Gasteiger partial charge in [-0.2, -0.15) is 0 Å². The molecule has 2 aromatic carbocycles. The van der Waals surface area contributed by atoms with Crippen molar-refractivity contribution in [1.82, 2.24) is 5.32 Å². The van der Waals surface area contributed by atoms with Crippen LogP contribution in [-0.4, -0.2) is 38.1 Å². The zero-order valence-electron chi connectivity index (χ0n) is 16.0. The third-order valence-corrected chi connectivity index (χ3v) is 4.63. The second-order valence-corrected chi connectivity index (χ2v) is 6.76. The Balaban J connectivity index is 1.84. The van der Waals surface area contributed by atoms with Crippen molar-refractivity contribution in [2.75, 3.05) is 36.5 Å². The number of nitrogens with one attached hydrogen (secondary N) is 2. The Bertz CT molecular complexity index is 848. The van der Waals surface area contributed by atoms with Crippen molar-refractivity contribution in [3.8, 4) is 0 Å². The monoisotopic (exact) mass is 385 g/mol. The number of anilines is 2. The molecule has 1 atom stereocenters. The van der Waals surface area contributed by atoms with E-state index in [0.29, 0.717) is 37.6 Å². The molecule has 1 saturated heterocycles. The van der Waals surface area contributed by atoms with Gasteiger partial charge in [-0.3, -0.25) is 9.59 Å². The van der Waals surface area contributed by atoms with Crippen molar-refractivity contribution in [1.29, 1.82) is 0 Å². The third-order valence-electron chi connectivity index (χ3n) is 4.63. The van der Waals surface area contributed by atoms with E-state index in [2.05, 4.69) is 15.5 Å². The molecule has 28 heavy (non-hydrogen) atoms. The Morgan fingerprint density at radius 2 is 1.79 bits per heavy atom. The number of halogens is 1. The van der Waals surface area contributed by atoms with Crippen molar-refractivity contribution in [2.24, 2.45) is 0 Å². The SMILES string of the molecule is CC(=O)Nc1ccc(C(=O)N[C@@H](C)c2ccc(F)cc2)c(N2CCOCC2)c1. The van der Waals surface area contributed by atoms with Crippen molar-refractivity contribution in [3.05, 3.63) is 59.4 Å². The average molecular weight is 385 g/mol. The van der Waals surface area contributed by atoms with Gasteiger partial charge in [0, 0.05) is 25.7 Å². The highest BCUT2D eigenvalue weighted by Gasteiger charge is 2.21. The zero-order chi connectivity index (χ0) is 20.1. The van der Waals surface area contributed by atoms with E-state index in [-0.39, 0.29) is 23.7 Å². The molecule has 0 bridgehead atoms. The molecule has 3 rings (SSSR count). The molecule has 2 amide bonds. The third kappa shape index (κ3) is 4.86. The van der Waals surface area contributed by atoms with Gasteiger partial charge in [0.25, 0.3) is 5.91 Å². The van der Waals surface area contributed by atoms with Gasteiger partial charge >= 0.3 is 0 Å². The van der Waals surface area contributed by atoms with E-state index in [1.807, 2.05) is 13.0 Å². The van der Waals surface area contributed by atoms with Gasteiger partial charge in [0.05, 0.1) is 30.5 Å². The molecule has 2 N–H and O–H groups in total. The van der Waals surface area contributed by atoms with Gasteiger partial charge in [-0.05, 0) is 42.8 Å². The van der Waals surface area contributed by atoms with Gasteiger partial charge in [-0.1, -0.05) is 12.1 Å². The van der Waals surface area contributed by atoms with E-state index in [0.717, 1.165) is 11.3 Å². The number of hydrogen-bond acceptors (Lipinski definition) is 4. The highest BCUT2D eigenvalue weighted by atomic mass is 19.1. The molecule has 1 heterocycles. The first-order valence-electron chi connectivity index (χ1n) is 9.24. The maximum atomic E-state index is 13.1. The summed E-state index contributed by atoms with van der Waals surface area (Å²) >= 11 is 0. The number of ether oxygens (including phenoxy) is 1. The van der Waals surface area contributed by atoms with Crippen molar-refractivity contribution in [3.63, 3.8) is 0 Å². The number of rotatable bonds is 5. The lowest BCUT2D eigenvalue weighted by atomic mass is 10.1. The minimum Gasteiger partial charge on any atom is -0.378 e. The van der Waals surface area contributed by atoms with Crippen LogP contribution in [0.4, 0.5) is 15.8 Å². The van der Waals surface area contributed by atoms with E-state index < -0.39 is 0 Å². The lowest BCUT2D eigenvalue weighted by Crippen LogP contribution is -2.38. The van der Waals surface area contributed by atoms with E-state index in [9.17, 15) is 14.0 Å². The summed E-state index contributed by atoms with van der Waals surface area (Å²) in [4.78, 5) is 26.4. The molecule has 0 spiro atoms. The summed E-state index contributed by atoms with van der Waals surface area (Å²) in [5.74, 6) is -0.715. The van der Waals surface area contributed by atoms with Crippen molar-refractivity contribution >= 4 is 23.2 Å². The van der Waals surface area contributed by atoms with E-state index >= 15 is 0 Å². The second-order valence-electron chi connectivity index (χ2n) is 6.76. The number of amides is 2. The molecule has 1 aliphatic heterocycles. The number of carbonyl (C=O) groups excluding carboxylic acids is 2. The van der Waals surface area contributed by atoms with Gasteiger partial charge in [0.15, 0.2) is 0 Å². The smallest absolute Gasteiger partial charge is 0.253 e. The summed E-state index contributed by atoms with van der Waals surface area (Å²) in [6.45, 7) is 5.79. The largest absolute Gasteiger partial charge is 0.378 e. The molecular formula is C21H24FN3O3. The van der Waals surface area contributed by atoms with E-state index in [4.69, 9.17) is 4.74 Å². The number of hydrogen-bond donors (Lipinski definition) is 2. The van der Waals surface area contributed by atoms with Gasteiger partial charge in [0.2, 0.25) is 5.91 Å². The number of benzene rings is 2. The van der Waals surface area contributed by atoms with Crippen LogP contribution in [-0.2, 0) is 9.53 Å². The predicted molar refractivity (Wildman–Crippen MR) is 106 cm³/mol. The molecule has 0 saturated carbocycles. The minimum absolute atomic E-state index is 0.171. The minimum atomic E-state index is -0.314. The van der Waals surface area contributed by atoms with Crippen molar-refractivity contribution < 1.29 is 18.7 Å². The normalized spacial score (nSPS) is 15.0. The van der Waals surface area contributed by atoms with Crippen LogP contribution in [0.25, 0.3) is 0 Å². The van der Waals surface area contributed by atoms with Crippen LogP contribution in [0.1, 0.15) is 35.8 Å². The maximum absolute atomic E-state index is 13.1. The molecule has 0 unspecified atom stereocenters. The molecule has 6 nitrogen and oxygen atoms in total. The summed E-state index contributed by atoms with van der Waals surface area (Å²) < 4.78 is 18.5. The first kappa shape index (κ1) is 19.8. The molecule has 0 aromatic heterocycles. The molecule has 2 aromatic rings. The van der Waals surface area contributed by atoms with E-state index in [1.165, 1.54) is 19.1 Å². The average Bonchev–Trinajstić information content (AvgIpc) is 2.68. The quantitative estimate of drug-likeness (QED) is 0.830. The van der Waals surface area contributed by atoms with Gasteiger partial charge in [0.1, 0.15) is 5.82 Å². The van der Waals surface area contributed by atoms with Crippen LogP contribution in [0.5, 0.6) is 0 Å². The van der Waals surface area contributed by atoms with Gasteiger partial charge in [-0.25, -0.2) is 4.39 Å². The van der Waals surface area contributed by atoms with Crippen LogP contribution in [0.3, 0.4) is 0 Å². The molecule has 148 valence electrons. The molecule has 0 radical (unpaired) electrons. The first-order valence-corrected chi connectivity index (χ1v) is 9.24. The topological polar surface area (TPSA) is 70.7 Å². The fourth-order valence-electron chi connectivity index (χ4n) is 3.18. The van der Waals surface area contributed by atoms with Gasteiger partial charge in [-0.15, -0.1) is 0 Å². The van der Waals surface area contributed by atoms with E-state index in [1.54, 1.807) is 24.3 Å². The van der Waals surface area contributed by atoms with Crippen LogP contribution in [0.15, 0.2) is 42.5 Å². The summed E-state index contributed by atoms with van der Waals surface area (Å²) in [6, 6.07) is 11.0. The number of nitrogens with zero attached hydrogens (tertiary/aromatic N) is 1. The predicted octanol–water partition coefficient (Wildman–Crippen LogP) is 3.11. The van der Waals surface area contributed by atoms with Crippen molar-refractivity contribution in [2.45, 2.75) is 19.9 Å².